The number of nitrogens with one attached hydrogen (secondary N) is 1. The third-order valence-corrected chi connectivity index (χ3v) is 2.74. The van der Waals surface area contributed by atoms with Crippen LogP contribution in [0.15, 0.2) is 17.6 Å². The molecule has 0 aliphatic carbocycles. The van der Waals surface area contributed by atoms with Crippen LogP contribution in [0.4, 0.5) is 0 Å². The molecule has 0 aliphatic rings. The fourth-order valence-electron chi connectivity index (χ4n) is 1.64. The van der Waals surface area contributed by atoms with Gasteiger partial charge in [0, 0.05) is 40.4 Å². The van der Waals surface area contributed by atoms with Crippen molar-refractivity contribution in [2.45, 2.75) is 26.2 Å². The highest BCUT2D eigenvalue weighted by Gasteiger charge is 2.03. The molecule has 0 fully saturated rings. The van der Waals surface area contributed by atoms with Crippen LogP contribution in [-0.4, -0.2) is 64.5 Å². The molecule has 0 aromatic rings. The van der Waals surface area contributed by atoms with Crippen molar-refractivity contribution in [2.24, 2.45) is 4.99 Å². The van der Waals surface area contributed by atoms with Gasteiger partial charge >= 0.3 is 0 Å². The molecular weight excluding hydrogens is 381 g/mol. The van der Waals surface area contributed by atoms with E-state index in [1.54, 1.807) is 7.11 Å². The Hall–Kier alpha value is -0.340. The fourth-order valence-corrected chi connectivity index (χ4v) is 1.64. The first-order chi connectivity index (χ1) is 9.76. The van der Waals surface area contributed by atoms with Gasteiger partial charge in [-0.05, 0) is 26.2 Å². The Morgan fingerprint density at radius 2 is 2.05 bits per heavy atom. The van der Waals surface area contributed by atoms with E-state index in [0.29, 0.717) is 13.2 Å². The predicted molar refractivity (Wildman–Crippen MR) is 101 cm³/mol. The second-order valence-electron chi connectivity index (χ2n) is 4.55. The Balaban J connectivity index is 0. The highest BCUT2D eigenvalue weighted by Crippen LogP contribution is 1.95. The van der Waals surface area contributed by atoms with E-state index in [1.165, 1.54) is 0 Å². The van der Waals surface area contributed by atoms with Gasteiger partial charge in [-0.2, -0.15) is 0 Å². The van der Waals surface area contributed by atoms with Gasteiger partial charge in [-0.25, -0.2) is 0 Å². The lowest BCUT2D eigenvalue weighted by Crippen LogP contribution is -2.39. The molecule has 0 rings (SSSR count). The molecule has 5 nitrogen and oxygen atoms in total. The molecule has 0 heterocycles. The molecule has 0 unspecified atom stereocenters. The van der Waals surface area contributed by atoms with Crippen molar-refractivity contribution in [3.63, 3.8) is 0 Å². The number of aliphatic imine (C=N–C) groups is 1. The Bertz CT molecular complexity index is 263. The van der Waals surface area contributed by atoms with Crippen molar-refractivity contribution in [3.05, 3.63) is 12.7 Å². The van der Waals surface area contributed by atoms with Crippen LogP contribution < -0.4 is 5.32 Å². The zero-order chi connectivity index (χ0) is 15.1. The van der Waals surface area contributed by atoms with Gasteiger partial charge in [0.15, 0.2) is 5.96 Å². The van der Waals surface area contributed by atoms with Gasteiger partial charge in [-0.3, -0.25) is 4.99 Å². The number of rotatable bonds is 12. The standard InChI is InChI=1S/C15H31N3O2.HI/c1-5-7-8-11-18(3)15(16-6-2)17-10-9-12-20-14-13-19-4;/h5H,1,6-14H2,2-4H3,(H,16,17);1H. The minimum absolute atomic E-state index is 0. The van der Waals surface area contributed by atoms with Crippen molar-refractivity contribution >= 4 is 29.9 Å². The lowest BCUT2D eigenvalue weighted by molar-refractivity contribution is 0.0702. The number of guanidine groups is 1. The Kier molecular flexibility index (Phi) is 19.3. The lowest BCUT2D eigenvalue weighted by Gasteiger charge is -2.21. The predicted octanol–water partition coefficient (Wildman–Crippen LogP) is 2.52. The summed E-state index contributed by atoms with van der Waals surface area (Å²) >= 11 is 0. The summed E-state index contributed by atoms with van der Waals surface area (Å²) in [5, 5.41) is 3.31. The van der Waals surface area contributed by atoms with Crippen LogP contribution in [0.1, 0.15) is 26.2 Å². The van der Waals surface area contributed by atoms with Crippen LogP contribution in [-0.2, 0) is 9.47 Å². The number of hydrogen-bond donors (Lipinski definition) is 1. The van der Waals surface area contributed by atoms with E-state index in [4.69, 9.17) is 9.47 Å². The van der Waals surface area contributed by atoms with Gasteiger partial charge < -0.3 is 19.7 Å². The van der Waals surface area contributed by atoms with E-state index in [9.17, 15) is 0 Å². The molecule has 0 radical (unpaired) electrons. The molecule has 6 heteroatoms. The van der Waals surface area contributed by atoms with Gasteiger partial charge in [0.05, 0.1) is 13.2 Å². The molecule has 0 saturated carbocycles. The maximum absolute atomic E-state index is 5.42. The highest BCUT2D eigenvalue weighted by molar-refractivity contribution is 14.0. The van der Waals surface area contributed by atoms with Crippen LogP contribution in [0, 0.1) is 0 Å². The SMILES string of the molecule is C=CCCCN(C)C(=NCCCOCCOC)NCC.I. The van der Waals surface area contributed by atoms with Crippen molar-refractivity contribution in [2.75, 3.05) is 53.6 Å². The summed E-state index contributed by atoms with van der Waals surface area (Å²) in [6, 6.07) is 0. The van der Waals surface area contributed by atoms with Gasteiger partial charge in [-0.1, -0.05) is 6.08 Å². The van der Waals surface area contributed by atoms with Gasteiger partial charge in [0.1, 0.15) is 0 Å². The number of allylic oxidation sites excluding steroid dienone is 1. The van der Waals surface area contributed by atoms with Crippen molar-refractivity contribution in [1.29, 1.82) is 0 Å². The molecule has 0 aromatic heterocycles. The Morgan fingerprint density at radius 3 is 2.67 bits per heavy atom. The van der Waals surface area contributed by atoms with E-state index >= 15 is 0 Å². The van der Waals surface area contributed by atoms with Crippen molar-refractivity contribution in [1.82, 2.24) is 10.2 Å². The summed E-state index contributed by atoms with van der Waals surface area (Å²) in [6.45, 7) is 10.5. The van der Waals surface area contributed by atoms with Gasteiger partial charge in [-0.15, -0.1) is 30.6 Å². The van der Waals surface area contributed by atoms with E-state index in [2.05, 4.69) is 35.8 Å². The van der Waals surface area contributed by atoms with E-state index in [1.807, 2.05) is 6.08 Å². The fraction of sp³-hybridized carbons (Fsp3) is 0.800. The molecule has 21 heavy (non-hydrogen) atoms. The minimum atomic E-state index is 0. The quantitative estimate of drug-likeness (QED) is 0.176. The largest absolute Gasteiger partial charge is 0.382 e. The molecule has 0 saturated heterocycles. The molecule has 0 atom stereocenters. The molecule has 1 N–H and O–H groups in total. The van der Waals surface area contributed by atoms with Gasteiger partial charge in [0.25, 0.3) is 0 Å². The zero-order valence-electron chi connectivity index (χ0n) is 13.8. The summed E-state index contributed by atoms with van der Waals surface area (Å²) in [5.41, 5.74) is 0. The molecule has 0 aromatic carbocycles. The minimum Gasteiger partial charge on any atom is -0.382 e. The van der Waals surface area contributed by atoms with Crippen molar-refractivity contribution < 1.29 is 9.47 Å². The number of hydrogen-bond acceptors (Lipinski definition) is 3. The molecule has 0 amide bonds. The number of methoxy groups -OCH3 is 1. The molecule has 0 bridgehead atoms. The smallest absolute Gasteiger partial charge is 0.193 e. The Morgan fingerprint density at radius 1 is 1.29 bits per heavy atom. The van der Waals surface area contributed by atoms with Crippen LogP contribution in [0.5, 0.6) is 0 Å². The van der Waals surface area contributed by atoms with Crippen LogP contribution in [0.3, 0.4) is 0 Å². The number of halogens is 1. The van der Waals surface area contributed by atoms with Gasteiger partial charge in [0.2, 0.25) is 0 Å². The number of ether oxygens (including phenoxy) is 2. The lowest BCUT2D eigenvalue weighted by atomic mass is 10.3. The summed E-state index contributed by atoms with van der Waals surface area (Å²) < 4.78 is 10.3. The summed E-state index contributed by atoms with van der Waals surface area (Å²) in [7, 11) is 3.75. The first-order valence-electron chi connectivity index (χ1n) is 7.43. The molecular formula is C15H32IN3O2. The second-order valence-corrected chi connectivity index (χ2v) is 4.55. The van der Waals surface area contributed by atoms with E-state index in [0.717, 1.165) is 51.5 Å². The number of nitrogens with zero attached hydrogens (tertiary/aromatic N) is 2. The van der Waals surface area contributed by atoms with Crippen LogP contribution >= 0.6 is 24.0 Å². The van der Waals surface area contributed by atoms with Crippen molar-refractivity contribution in [3.8, 4) is 0 Å². The molecule has 126 valence electrons. The highest BCUT2D eigenvalue weighted by atomic mass is 127. The average molecular weight is 413 g/mol. The molecule has 0 aliphatic heterocycles. The first-order valence-corrected chi connectivity index (χ1v) is 7.43. The molecule has 0 spiro atoms. The number of unbranched alkanes of at least 4 members (excludes halogenated alkanes) is 1. The monoisotopic (exact) mass is 413 g/mol. The maximum Gasteiger partial charge on any atom is 0.193 e. The first kappa shape index (κ1) is 22.9. The van der Waals surface area contributed by atoms with E-state index < -0.39 is 0 Å². The van der Waals surface area contributed by atoms with E-state index in [-0.39, 0.29) is 24.0 Å². The zero-order valence-corrected chi connectivity index (χ0v) is 16.1. The van der Waals surface area contributed by atoms with Crippen LogP contribution in [0.2, 0.25) is 0 Å². The third kappa shape index (κ3) is 14.4. The normalized spacial score (nSPS) is 10.9. The summed E-state index contributed by atoms with van der Waals surface area (Å²) in [5.74, 6) is 0.966. The maximum atomic E-state index is 5.42. The topological polar surface area (TPSA) is 46.1 Å². The second kappa shape index (κ2) is 17.7. The third-order valence-electron chi connectivity index (χ3n) is 2.74. The van der Waals surface area contributed by atoms with Crippen LogP contribution in [0.25, 0.3) is 0 Å². The summed E-state index contributed by atoms with van der Waals surface area (Å²) in [6.07, 6.45) is 5.02. The Labute approximate surface area is 147 Å². The average Bonchev–Trinajstić information content (AvgIpc) is 2.45. The summed E-state index contributed by atoms with van der Waals surface area (Å²) in [4.78, 5) is 6.77.